The van der Waals surface area contributed by atoms with Crippen molar-refractivity contribution in [3.63, 3.8) is 0 Å². The first kappa shape index (κ1) is 13.8. The number of hydrogen-bond acceptors (Lipinski definition) is 2. The van der Waals surface area contributed by atoms with Crippen LogP contribution in [-0.2, 0) is 0 Å². The van der Waals surface area contributed by atoms with Gasteiger partial charge in [-0.05, 0) is 6.42 Å². The molecule has 0 fully saturated rings. The number of alkyl halides is 3. The molecule has 0 unspecified atom stereocenters. The molecule has 0 aromatic heterocycles. The summed E-state index contributed by atoms with van der Waals surface area (Å²) in [6, 6.07) is -0.847. The van der Waals surface area contributed by atoms with Gasteiger partial charge in [0.15, 0.2) is 0 Å². The van der Waals surface area contributed by atoms with Gasteiger partial charge in [-0.25, -0.2) is 4.79 Å². The highest BCUT2D eigenvalue weighted by Gasteiger charge is 2.26. The first-order valence-electron chi connectivity index (χ1n) is 5.31. The minimum Gasteiger partial charge on any atom is -0.396 e. The van der Waals surface area contributed by atoms with E-state index in [1.54, 1.807) is 12.2 Å². The number of aliphatic hydroxyl groups is 1. The standard InChI is InChI=1S/C10H15F3N2O2/c11-10(12,13)3-4-14-9(17)15-8-2-1-7(5-8)6-16/h1-2,7-8,16H,3-6H2,(H2,14,15,17)/t7-,8+/m0/s1. The maximum atomic E-state index is 11.8. The van der Waals surface area contributed by atoms with Crippen LogP contribution >= 0.6 is 0 Å². The van der Waals surface area contributed by atoms with Crippen LogP contribution in [0.3, 0.4) is 0 Å². The molecule has 17 heavy (non-hydrogen) atoms. The van der Waals surface area contributed by atoms with Crippen molar-refractivity contribution in [2.45, 2.75) is 25.1 Å². The fourth-order valence-electron chi connectivity index (χ4n) is 1.55. The van der Waals surface area contributed by atoms with Crippen LogP contribution in [0.15, 0.2) is 12.2 Å². The van der Waals surface area contributed by atoms with Gasteiger partial charge >= 0.3 is 12.2 Å². The average molecular weight is 252 g/mol. The molecule has 1 aliphatic carbocycles. The number of carbonyl (C=O) groups excluding carboxylic acids is 1. The van der Waals surface area contributed by atoms with Crippen LogP contribution < -0.4 is 10.6 Å². The van der Waals surface area contributed by atoms with E-state index in [2.05, 4.69) is 10.6 Å². The number of rotatable bonds is 4. The summed E-state index contributed by atoms with van der Waals surface area (Å²) < 4.78 is 35.4. The van der Waals surface area contributed by atoms with Gasteiger partial charge in [0.2, 0.25) is 0 Å². The van der Waals surface area contributed by atoms with E-state index in [9.17, 15) is 18.0 Å². The minimum atomic E-state index is -4.26. The predicted molar refractivity (Wildman–Crippen MR) is 55.3 cm³/mol. The number of hydrogen-bond donors (Lipinski definition) is 3. The molecule has 0 saturated carbocycles. The third-order valence-corrected chi connectivity index (χ3v) is 2.42. The summed E-state index contributed by atoms with van der Waals surface area (Å²) in [4.78, 5) is 11.2. The molecule has 3 N–H and O–H groups in total. The molecule has 2 atom stereocenters. The minimum absolute atomic E-state index is 0.00434. The highest BCUT2D eigenvalue weighted by molar-refractivity contribution is 5.74. The highest BCUT2D eigenvalue weighted by atomic mass is 19.4. The van der Waals surface area contributed by atoms with Gasteiger partial charge in [-0.15, -0.1) is 0 Å². The highest BCUT2D eigenvalue weighted by Crippen LogP contribution is 2.18. The van der Waals surface area contributed by atoms with Crippen LogP contribution in [0.4, 0.5) is 18.0 Å². The molecule has 0 aromatic rings. The van der Waals surface area contributed by atoms with Gasteiger partial charge in [0.25, 0.3) is 0 Å². The molecule has 0 bridgehead atoms. The normalized spacial score (nSPS) is 23.8. The van der Waals surface area contributed by atoms with Crippen molar-refractivity contribution in [2.24, 2.45) is 5.92 Å². The summed E-state index contributed by atoms with van der Waals surface area (Å²) >= 11 is 0. The number of amides is 2. The summed E-state index contributed by atoms with van der Waals surface area (Å²) in [5.74, 6) is 0.00970. The van der Waals surface area contributed by atoms with Gasteiger partial charge in [0.1, 0.15) is 0 Å². The molecule has 1 aliphatic rings. The van der Waals surface area contributed by atoms with E-state index >= 15 is 0 Å². The van der Waals surface area contributed by atoms with E-state index in [4.69, 9.17) is 5.11 Å². The summed E-state index contributed by atoms with van der Waals surface area (Å²) in [6.07, 6.45) is -1.23. The molecule has 2 amide bonds. The largest absolute Gasteiger partial charge is 0.396 e. The van der Waals surface area contributed by atoms with Crippen molar-refractivity contribution in [3.05, 3.63) is 12.2 Å². The summed E-state index contributed by atoms with van der Waals surface area (Å²) in [5, 5.41) is 13.5. The fourth-order valence-corrected chi connectivity index (χ4v) is 1.55. The van der Waals surface area contributed by atoms with Crippen LogP contribution in [-0.4, -0.2) is 36.5 Å². The van der Waals surface area contributed by atoms with E-state index in [0.29, 0.717) is 6.42 Å². The monoisotopic (exact) mass is 252 g/mol. The number of halogens is 3. The molecule has 0 aliphatic heterocycles. The molecule has 1 rings (SSSR count). The molecule has 0 heterocycles. The third-order valence-electron chi connectivity index (χ3n) is 2.42. The van der Waals surface area contributed by atoms with E-state index in [-0.39, 0.29) is 18.6 Å². The van der Waals surface area contributed by atoms with Crippen molar-refractivity contribution in [3.8, 4) is 0 Å². The lowest BCUT2D eigenvalue weighted by Crippen LogP contribution is -2.42. The second kappa shape index (κ2) is 5.90. The topological polar surface area (TPSA) is 61.4 Å². The Morgan fingerprint density at radius 1 is 1.41 bits per heavy atom. The summed E-state index contributed by atoms with van der Waals surface area (Å²) in [5.41, 5.74) is 0. The van der Waals surface area contributed by atoms with Crippen molar-refractivity contribution >= 4 is 6.03 Å². The molecule has 0 saturated heterocycles. The van der Waals surface area contributed by atoms with Crippen LogP contribution in [0.2, 0.25) is 0 Å². The lowest BCUT2D eigenvalue weighted by molar-refractivity contribution is -0.132. The van der Waals surface area contributed by atoms with Crippen LogP contribution in [0.1, 0.15) is 12.8 Å². The smallest absolute Gasteiger partial charge is 0.390 e. The van der Waals surface area contributed by atoms with Crippen molar-refractivity contribution in [1.29, 1.82) is 0 Å². The van der Waals surface area contributed by atoms with Gasteiger partial charge < -0.3 is 15.7 Å². The van der Waals surface area contributed by atoms with Crippen molar-refractivity contribution < 1.29 is 23.1 Å². The number of urea groups is 1. The Morgan fingerprint density at radius 3 is 2.65 bits per heavy atom. The molecule has 4 nitrogen and oxygen atoms in total. The van der Waals surface area contributed by atoms with Gasteiger partial charge in [-0.3, -0.25) is 0 Å². The van der Waals surface area contributed by atoms with Crippen LogP contribution in [0.25, 0.3) is 0 Å². The molecular weight excluding hydrogens is 237 g/mol. The van der Waals surface area contributed by atoms with Gasteiger partial charge in [-0.1, -0.05) is 12.2 Å². The Kier molecular flexibility index (Phi) is 4.80. The quantitative estimate of drug-likeness (QED) is 0.658. The SMILES string of the molecule is O=C(NCCC(F)(F)F)N[C@@H]1C=C[C@H](CO)C1. The molecule has 7 heteroatoms. The second-order valence-electron chi connectivity index (χ2n) is 3.94. The number of nitrogens with one attached hydrogen (secondary N) is 2. The first-order chi connectivity index (χ1) is 7.90. The maximum absolute atomic E-state index is 11.8. The fraction of sp³-hybridized carbons (Fsp3) is 0.700. The first-order valence-corrected chi connectivity index (χ1v) is 5.31. The Morgan fingerprint density at radius 2 is 2.12 bits per heavy atom. The Balaban J connectivity index is 2.16. The van der Waals surface area contributed by atoms with Gasteiger partial charge in [-0.2, -0.15) is 13.2 Å². The van der Waals surface area contributed by atoms with Gasteiger partial charge in [0, 0.05) is 25.1 Å². The number of carbonyl (C=O) groups is 1. The van der Waals surface area contributed by atoms with Gasteiger partial charge in [0.05, 0.1) is 6.42 Å². The third kappa shape index (κ3) is 5.58. The lowest BCUT2D eigenvalue weighted by atomic mass is 10.1. The summed E-state index contributed by atoms with van der Waals surface area (Å²) in [7, 11) is 0. The van der Waals surface area contributed by atoms with E-state index in [1.807, 2.05) is 0 Å². The number of aliphatic hydroxyl groups excluding tert-OH is 1. The van der Waals surface area contributed by atoms with E-state index < -0.39 is 25.2 Å². The predicted octanol–water partition coefficient (Wildman–Crippen LogP) is 1.18. The zero-order chi connectivity index (χ0) is 12.9. The lowest BCUT2D eigenvalue weighted by Gasteiger charge is -2.14. The zero-order valence-electron chi connectivity index (χ0n) is 9.13. The molecule has 0 spiro atoms. The Labute approximate surface area is 96.9 Å². The molecular formula is C10H15F3N2O2. The Bertz CT molecular complexity index is 292. The van der Waals surface area contributed by atoms with Crippen LogP contribution in [0, 0.1) is 5.92 Å². The summed E-state index contributed by atoms with van der Waals surface area (Å²) in [6.45, 7) is -0.431. The van der Waals surface area contributed by atoms with Crippen molar-refractivity contribution in [1.82, 2.24) is 10.6 Å². The van der Waals surface area contributed by atoms with Crippen molar-refractivity contribution in [2.75, 3.05) is 13.2 Å². The Hall–Kier alpha value is -1.24. The average Bonchev–Trinajstić information content (AvgIpc) is 2.63. The molecule has 0 aromatic carbocycles. The zero-order valence-corrected chi connectivity index (χ0v) is 9.13. The molecule has 98 valence electrons. The molecule has 0 radical (unpaired) electrons. The van der Waals surface area contributed by atoms with E-state index in [1.165, 1.54) is 0 Å². The maximum Gasteiger partial charge on any atom is 0.390 e. The van der Waals surface area contributed by atoms with Crippen LogP contribution in [0.5, 0.6) is 0 Å². The second-order valence-corrected chi connectivity index (χ2v) is 3.94. The van der Waals surface area contributed by atoms with E-state index in [0.717, 1.165) is 0 Å².